The van der Waals surface area contributed by atoms with Crippen molar-refractivity contribution in [2.24, 2.45) is 0 Å². The minimum atomic E-state index is -1.07. The fourth-order valence-corrected chi connectivity index (χ4v) is 4.69. The molecule has 2 aromatic heterocycles. The molecule has 1 aliphatic rings. The minimum absolute atomic E-state index is 0.0528. The summed E-state index contributed by atoms with van der Waals surface area (Å²) in [5.41, 5.74) is 1.39. The SMILES string of the molecule is COc1ccc(-c2nnn(CC(=O)N(Cc3ccccc3Cl)[C@H](C(=O)NC[C@@H]3CCCO3)c3ccco3)n2)cc1. The molecule has 1 saturated heterocycles. The number of hydrogen-bond donors (Lipinski definition) is 1. The summed E-state index contributed by atoms with van der Waals surface area (Å²) >= 11 is 6.46. The Morgan fingerprint density at radius 3 is 2.70 bits per heavy atom. The normalized spacial score (nSPS) is 15.5. The molecule has 2 atom stereocenters. The molecule has 4 aromatic rings. The predicted octanol–water partition coefficient (Wildman–Crippen LogP) is 3.66. The number of halogens is 1. The van der Waals surface area contributed by atoms with E-state index in [1.807, 2.05) is 12.1 Å². The molecule has 208 valence electrons. The Labute approximate surface area is 236 Å². The van der Waals surface area contributed by atoms with Crippen molar-refractivity contribution < 1.29 is 23.5 Å². The third-order valence-electron chi connectivity index (χ3n) is 6.60. The summed E-state index contributed by atoms with van der Waals surface area (Å²) in [6.45, 7) is 0.795. The highest BCUT2D eigenvalue weighted by atomic mass is 35.5. The van der Waals surface area contributed by atoms with Gasteiger partial charge in [0, 0.05) is 30.3 Å². The highest BCUT2D eigenvalue weighted by Gasteiger charge is 2.35. The van der Waals surface area contributed by atoms with E-state index < -0.39 is 17.9 Å². The van der Waals surface area contributed by atoms with Crippen LogP contribution in [-0.2, 0) is 27.4 Å². The number of carbonyl (C=O) groups is 2. The van der Waals surface area contributed by atoms with E-state index in [4.69, 9.17) is 25.5 Å². The van der Waals surface area contributed by atoms with Crippen LogP contribution in [-0.4, -0.2) is 63.3 Å². The summed E-state index contributed by atoms with van der Waals surface area (Å²) in [6.07, 6.45) is 3.21. The van der Waals surface area contributed by atoms with Crippen LogP contribution in [0, 0.1) is 0 Å². The molecule has 0 radical (unpaired) electrons. The first kappa shape index (κ1) is 27.4. The van der Waals surface area contributed by atoms with Gasteiger partial charge in [0.2, 0.25) is 11.7 Å². The zero-order valence-electron chi connectivity index (χ0n) is 21.9. The van der Waals surface area contributed by atoms with Crippen LogP contribution >= 0.6 is 11.6 Å². The summed E-state index contributed by atoms with van der Waals surface area (Å²) in [5, 5.41) is 15.9. The molecule has 0 saturated carbocycles. The van der Waals surface area contributed by atoms with Gasteiger partial charge in [0.05, 0.1) is 19.5 Å². The fraction of sp³-hybridized carbons (Fsp3) is 0.321. The number of methoxy groups -OCH3 is 1. The standard InChI is InChI=1S/C28H29ClN6O5/c1-38-21-12-10-19(11-13-21)27-31-33-35(32-27)18-25(36)34(17-20-6-2-3-8-23(20)29)26(24-9-5-15-40-24)28(37)30-16-22-7-4-14-39-22/h2-3,5-6,8-13,15,22,26H,4,7,14,16-18H2,1H3,(H,30,37)/t22-,26-/m0/s1. The van der Waals surface area contributed by atoms with Gasteiger partial charge in [-0.25, -0.2) is 0 Å². The third kappa shape index (κ3) is 6.49. The Bertz CT molecular complexity index is 1420. The first-order valence-corrected chi connectivity index (χ1v) is 13.3. The smallest absolute Gasteiger partial charge is 0.250 e. The number of nitrogens with zero attached hydrogens (tertiary/aromatic N) is 5. The summed E-state index contributed by atoms with van der Waals surface area (Å²) in [6, 6.07) is 16.6. The summed E-state index contributed by atoms with van der Waals surface area (Å²) in [4.78, 5) is 30.1. The van der Waals surface area contributed by atoms with Crippen molar-refractivity contribution in [1.82, 2.24) is 30.4 Å². The van der Waals surface area contributed by atoms with Gasteiger partial charge in [-0.2, -0.15) is 4.80 Å². The Kier molecular flexibility index (Phi) is 8.72. The van der Waals surface area contributed by atoms with Crippen LogP contribution < -0.4 is 10.1 Å². The molecule has 2 amide bonds. The van der Waals surface area contributed by atoms with E-state index >= 15 is 0 Å². The van der Waals surface area contributed by atoms with Crippen molar-refractivity contribution in [2.45, 2.75) is 38.1 Å². The number of hydrogen-bond acceptors (Lipinski definition) is 8. The number of carbonyl (C=O) groups excluding carboxylic acids is 2. The van der Waals surface area contributed by atoms with Crippen LogP contribution in [0.1, 0.15) is 30.2 Å². The van der Waals surface area contributed by atoms with E-state index in [1.165, 1.54) is 16.0 Å². The van der Waals surface area contributed by atoms with Gasteiger partial charge in [0.15, 0.2) is 6.04 Å². The number of aromatic nitrogens is 4. The lowest BCUT2D eigenvalue weighted by Gasteiger charge is -2.30. The van der Waals surface area contributed by atoms with E-state index in [-0.39, 0.29) is 19.2 Å². The second-order valence-electron chi connectivity index (χ2n) is 9.28. The van der Waals surface area contributed by atoms with E-state index in [2.05, 4.69) is 20.7 Å². The van der Waals surface area contributed by atoms with Crippen LogP contribution in [0.25, 0.3) is 11.4 Å². The molecule has 2 aromatic carbocycles. The maximum atomic E-state index is 13.9. The van der Waals surface area contributed by atoms with Gasteiger partial charge in [-0.05, 0) is 66.1 Å². The Morgan fingerprint density at radius 1 is 1.18 bits per heavy atom. The Morgan fingerprint density at radius 2 is 2.00 bits per heavy atom. The molecule has 0 unspecified atom stereocenters. The van der Waals surface area contributed by atoms with E-state index in [0.29, 0.717) is 41.1 Å². The molecular weight excluding hydrogens is 536 g/mol. The first-order valence-electron chi connectivity index (χ1n) is 12.9. The third-order valence-corrected chi connectivity index (χ3v) is 6.97. The molecule has 0 spiro atoms. The van der Waals surface area contributed by atoms with Gasteiger partial charge >= 0.3 is 0 Å². The molecule has 40 heavy (non-hydrogen) atoms. The summed E-state index contributed by atoms with van der Waals surface area (Å²) in [7, 11) is 1.59. The zero-order valence-corrected chi connectivity index (χ0v) is 22.7. The number of ether oxygens (including phenoxy) is 2. The number of tetrazole rings is 1. The average molecular weight is 565 g/mol. The lowest BCUT2D eigenvalue weighted by molar-refractivity contribution is -0.143. The highest BCUT2D eigenvalue weighted by Crippen LogP contribution is 2.27. The molecule has 5 rings (SSSR count). The zero-order chi connectivity index (χ0) is 27.9. The van der Waals surface area contributed by atoms with Gasteiger partial charge in [-0.3, -0.25) is 9.59 Å². The molecule has 0 bridgehead atoms. The second kappa shape index (κ2) is 12.8. The summed E-state index contributed by atoms with van der Waals surface area (Å²) in [5.74, 6) is 0.549. The van der Waals surface area contributed by atoms with Crippen LogP contribution in [0.15, 0.2) is 71.3 Å². The van der Waals surface area contributed by atoms with E-state index in [9.17, 15) is 9.59 Å². The van der Waals surface area contributed by atoms with Gasteiger partial charge in [-0.15, -0.1) is 10.2 Å². The van der Waals surface area contributed by atoms with Crippen molar-refractivity contribution in [3.8, 4) is 17.1 Å². The van der Waals surface area contributed by atoms with Crippen molar-refractivity contribution in [1.29, 1.82) is 0 Å². The van der Waals surface area contributed by atoms with Crippen LogP contribution in [0.2, 0.25) is 5.02 Å². The number of benzene rings is 2. The number of rotatable bonds is 11. The molecule has 11 nitrogen and oxygen atoms in total. The largest absolute Gasteiger partial charge is 0.497 e. The number of furan rings is 1. The number of nitrogens with one attached hydrogen (secondary N) is 1. The molecular formula is C28H29ClN6O5. The average Bonchev–Trinajstić information content (AvgIpc) is 3.77. The lowest BCUT2D eigenvalue weighted by atomic mass is 10.1. The van der Waals surface area contributed by atoms with Crippen molar-refractivity contribution in [2.75, 3.05) is 20.3 Å². The van der Waals surface area contributed by atoms with E-state index in [0.717, 1.165) is 18.4 Å². The minimum Gasteiger partial charge on any atom is -0.497 e. The topological polar surface area (TPSA) is 125 Å². The molecule has 1 fully saturated rings. The van der Waals surface area contributed by atoms with E-state index in [1.54, 1.807) is 55.6 Å². The maximum absolute atomic E-state index is 13.9. The second-order valence-corrected chi connectivity index (χ2v) is 9.69. The van der Waals surface area contributed by atoms with Gasteiger partial charge in [0.25, 0.3) is 5.91 Å². The van der Waals surface area contributed by atoms with Gasteiger partial charge < -0.3 is 24.1 Å². The monoisotopic (exact) mass is 564 g/mol. The molecule has 1 N–H and O–H groups in total. The predicted molar refractivity (Wildman–Crippen MR) is 145 cm³/mol. The first-order chi connectivity index (χ1) is 19.5. The maximum Gasteiger partial charge on any atom is 0.250 e. The quantitative estimate of drug-likeness (QED) is 0.293. The van der Waals surface area contributed by atoms with Crippen molar-refractivity contribution in [3.05, 3.63) is 83.3 Å². The van der Waals surface area contributed by atoms with Crippen molar-refractivity contribution >= 4 is 23.4 Å². The molecule has 1 aliphatic heterocycles. The fourth-order valence-electron chi connectivity index (χ4n) is 4.50. The molecule has 3 heterocycles. The Hall–Kier alpha value is -4.22. The van der Waals surface area contributed by atoms with Crippen LogP contribution in [0.5, 0.6) is 5.75 Å². The van der Waals surface area contributed by atoms with Crippen LogP contribution in [0.4, 0.5) is 0 Å². The molecule has 12 heteroatoms. The number of amides is 2. The highest BCUT2D eigenvalue weighted by molar-refractivity contribution is 6.31. The van der Waals surface area contributed by atoms with Gasteiger partial charge in [-0.1, -0.05) is 29.8 Å². The van der Waals surface area contributed by atoms with Crippen LogP contribution in [0.3, 0.4) is 0 Å². The molecule has 0 aliphatic carbocycles. The lowest BCUT2D eigenvalue weighted by Crippen LogP contribution is -2.46. The Balaban J connectivity index is 1.41. The van der Waals surface area contributed by atoms with Crippen molar-refractivity contribution in [3.63, 3.8) is 0 Å². The summed E-state index contributed by atoms with van der Waals surface area (Å²) < 4.78 is 16.5. The van der Waals surface area contributed by atoms with Gasteiger partial charge in [0.1, 0.15) is 18.1 Å².